The van der Waals surface area contributed by atoms with Gasteiger partial charge in [-0.15, -0.1) is 0 Å². The van der Waals surface area contributed by atoms with Crippen LogP contribution in [0.5, 0.6) is 0 Å². The zero-order valence-corrected chi connectivity index (χ0v) is 16.2. The van der Waals surface area contributed by atoms with Gasteiger partial charge in [0.1, 0.15) is 5.82 Å². The summed E-state index contributed by atoms with van der Waals surface area (Å²) in [5.41, 5.74) is 0.799. The van der Waals surface area contributed by atoms with Gasteiger partial charge < -0.3 is 5.32 Å². The standard InChI is InChI=1S/C20H23FN2O3S/c1-14-11-15(2)13-23(12-14)27(25,26)19-9-3-16(4-10-19)20(24)22-18-7-5-17(21)6-8-18/h3-10,14-15H,11-13H2,1-2H3,(H,22,24)/t14-,15-/m1/s1. The van der Waals surface area contributed by atoms with E-state index < -0.39 is 10.0 Å². The molecule has 0 aromatic heterocycles. The average Bonchev–Trinajstić information content (AvgIpc) is 2.63. The van der Waals surface area contributed by atoms with Crippen molar-refractivity contribution in [1.29, 1.82) is 0 Å². The zero-order chi connectivity index (χ0) is 19.6. The van der Waals surface area contributed by atoms with Crippen molar-refractivity contribution in [1.82, 2.24) is 4.31 Å². The van der Waals surface area contributed by atoms with Crippen LogP contribution in [0.15, 0.2) is 53.4 Å². The van der Waals surface area contributed by atoms with E-state index in [-0.39, 0.29) is 16.6 Å². The van der Waals surface area contributed by atoms with Gasteiger partial charge in [-0.25, -0.2) is 12.8 Å². The van der Waals surface area contributed by atoms with Crippen molar-refractivity contribution < 1.29 is 17.6 Å². The zero-order valence-electron chi connectivity index (χ0n) is 15.4. The van der Waals surface area contributed by atoms with E-state index in [0.717, 1.165) is 6.42 Å². The van der Waals surface area contributed by atoms with Crippen LogP contribution in [0.25, 0.3) is 0 Å². The number of benzene rings is 2. The predicted molar refractivity (Wildman–Crippen MR) is 102 cm³/mol. The van der Waals surface area contributed by atoms with E-state index in [1.54, 1.807) is 0 Å². The lowest BCUT2D eigenvalue weighted by Crippen LogP contribution is -2.42. The van der Waals surface area contributed by atoms with Crippen molar-refractivity contribution >= 4 is 21.6 Å². The summed E-state index contributed by atoms with van der Waals surface area (Å²) in [6, 6.07) is 11.3. The molecule has 7 heteroatoms. The summed E-state index contributed by atoms with van der Waals surface area (Å²) < 4.78 is 40.2. The Labute approximate surface area is 159 Å². The Morgan fingerprint density at radius 2 is 1.56 bits per heavy atom. The fourth-order valence-electron chi connectivity index (χ4n) is 3.47. The number of carbonyl (C=O) groups is 1. The fraction of sp³-hybridized carbons (Fsp3) is 0.350. The van der Waals surface area contributed by atoms with E-state index in [0.29, 0.717) is 36.2 Å². The second-order valence-corrected chi connectivity index (χ2v) is 9.19. The topological polar surface area (TPSA) is 66.5 Å². The van der Waals surface area contributed by atoms with Gasteiger partial charge >= 0.3 is 0 Å². The lowest BCUT2D eigenvalue weighted by molar-refractivity contribution is 0.102. The number of amides is 1. The van der Waals surface area contributed by atoms with Crippen molar-refractivity contribution in [3.8, 4) is 0 Å². The molecule has 2 aromatic carbocycles. The monoisotopic (exact) mass is 390 g/mol. The summed E-state index contributed by atoms with van der Waals surface area (Å²) in [5, 5.41) is 2.65. The number of hydrogen-bond acceptors (Lipinski definition) is 3. The first-order chi connectivity index (χ1) is 12.8. The van der Waals surface area contributed by atoms with Gasteiger partial charge in [-0.1, -0.05) is 13.8 Å². The minimum Gasteiger partial charge on any atom is -0.322 e. The molecule has 0 bridgehead atoms. The van der Waals surface area contributed by atoms with Crippen molar-refractivity contribution in [2.75, 3.05) is 18.4 Å². The SMILES string of the molecule is C[C@@H]1C[C@@H](C)CN(S(=O)(=O)c2ccc(C(=O)Nc3ccc(F)cc3)cc2)C1. The summed E-state index contributed by atoms with van der Waals surface area (Å²) in [4.78, 5) is 12.5. The number of sulfonamides is 1. The summed E-state index contributed by atoms with van der Waals surface area (Å²) in [5.74, 6) is -0.122. The van der Waals surface area contributed by atoms with Crippen LogP contribution < -0.4 is 5.32 Å². The quantitative estimate of drug-likeness (QED) is 0.865. The van der Waals surface area contributed by atoms with Gasteiger partial charge in [-0.2, -0.15) is 4.31 Å². The van der Waals surface area contributed by atoms with Crippen LogP contribution in [-0.2, 0) is 10.0 Å². The molecule has 1 fully saturated rings. The first kappa shape index (κ1) is 19.5. The number of halogens is 1. The van der Waals surface area contributed by atoms with Gasteiger partial charge in [0, 0.05) is 24.3 Å². The van der Waals surface area contributed by atoms with E-state index in [9.17, 15) is 17.6 Å². The molecular formula is C20H23FN2O3S. The molecule has 1 aliphatic heterocycles. The van der Waals surface area contributed by atoms with Crippen LogP contribution in [0.2, 0.25) is 0 Å². The minimum absolute atomic E-state index is 0.183. The van der Waals surface area contributed by atoms with Crippen LogP contribution >= 0.6 is 0 Å². The third-order valence-corrected chi connectivity index (χ3v) is 6.54. The average molecular weight is 390 g/mol. The molecule has 1 N–H and O–H groups in total. The number of hydrogen-bond donors (Lipinski definition) is 1. The van der Waals surface area contributed by atoms with Gasteiger partial charge in [0.05, 0.1) is 4.90 Å². The van der Waals surface area contributed by atoms with E-state index >= 15 is 0 Å². The minimum atomic E-state index is -3.57. The van der Waals surface area contributed by atoms with Crippen molar-refractivity contribution in [3.63, 3.8) is 0 Å². The summed E-state index contributed by atoms with van der Waals surface area (Å²) in [6.45, 7) is 5.14. The molecule has 0 radical (unpaired) electrons. The largest absolute Gasteiger partial charge is 0.322 e. The number of piperidine rings is 1. The molecule has 144 valence electrons. The molecule has 0 saturated carbocycles. The van der Waals surface area contributed by atoms with Crippen LogP contribution in [0.4, 0.5) is 10.1 Å². The van der Waals surface area contributed by atoms with Crippen molar-refractivity contribution in [2.45, 2.75) is 25.2 Å². The van der Waals surface area contributed by atoms with Gasteiger partial charge in [0.25, 0.3) is 5.91 Å². The smallest absolute Gasteiger partial charge is 0.255 e. The normalized spacial score (nSPS) is 21.0. The first-order valence-electron chi connectivity index (χ1n) is 8.93. The van der Waals surface area contributed by atoms with E-state index in [1.807, 2.05) is 0 Å². The Balaban J connectivity index is 1.74. The molecule has 1 heterocycles. The molecule has 0 spiro atoms. The highest BCUT2D eigenvalue weighted by atomic mass is 32.2. The molecule has 1 amide bonds. The maximum atomic E-state index is 12.9. The molecule has 0 unspecified atom stereocenters. The van der Waals surface area contributed by atoms with Gasteiger partial charge in [-0.3, -0.25) is 4.79 Å². The van der Waals surface area contributed by atoms with Gasteiger partial charge in [0.2, 0.25) is 10.0 Å². The summed E-state index contributed by atoms with van der Waals surface area (Å²) in [6.07, 6.45) is 1.02. The van der Waals surface area contributed by atoms with Gasteiger partial charge in [0.15, 0.2) is 0 Å². The third kappa shape index (κ3) is 4.54. The summed E-state index contributed by atoms with van der Waals surface area (Å²) >= 11 is 0. The lowest BCUT2D eigenvalue weighted by atomic mass is 9.94. The highest BCUT2D eigenvalue weighted by Gasteiger charge is 2.31. The van der Waals surface area contributed by atoms with Crippen molar-refractivity contribution in [3.05, 3.63) is 59.9 Å². The molecule has 0 aliphatic carbocycles. The Bertz CT molecular complexity index is 901. The van der Waals surface area contributed by atoms with Crippen LogP contribution in [0.3, 0.4) is 0 Å². The lowest BCUT2D eigenvalue weighted by Gasteiger charge is -2.34. The van der Waals surface area contributed by atoms with Crippen LogP contribution in [-0.4, -0.2) is 31.7 Å². The van der Waals surface area contributed by atoms with E-state index in [2.05, 4.69) is 19.2 Å². The molecule has 2 atom stereocenters. The third-order valence-electron chi connectivity index (χ3n) is 4.69. The maximum Gasteiger partial charge on any atom is 0.255 e. The number of rotatable bonds is 4. The molecule has 1 aliphatic rings. The Morgan fingerprint density at radius 1 is 1.00 bits per heavy atom. The summed E-state index contributed by atoms with van der Waals surface area (Å²) in [7, 11) is -3.57. The number of carbonyl (C=O) groups excluding carboxylic acids is 1. The first-order valence-corrected chi connectivity index (χ1v) is 10.4. The molecule has 5 nitrogen and oxygen atoms in total. The second-order valence-electron chi connectivity index (χ2n) is 7.25. The molecule has 3 rings (SSSR count). The van der Waals surface area contributed by atoms with Crippen molar-refractivity contribution in [2.24, 2.45) is 11.8 Å². The highest BCUT2D eigenvalue weighted by Crippen LogP contribution is 2.26. The van der Waals surface area contributed by atoms with Crippen LogP contribution in [0.1, 0.15) is 30.6 Å². The van der Waals surface area contributed by atoms with Crippen LogP contribution in [0, 0.1) is 17.7 Å². The Morgan fingerprint density at radius 3 is 2.11 bits per heavy atom. The number of nitrogens with zero attached hydrogens (tertiary/aromatic N) is 1. The Hall–Kier alpha value is -2.25. The molecular weight excluding hydrogens is 367 g/mol. The molecule has 1 saturated heterocycles. The highest BCUT2D eigenvalue weighted by molar-refractivity contribution is 7.89. The van der Waals surface area contributed by atoms with Gasteiger partial charge in [-0.05, 0) is 66.8 Å². The van der Waals surface area contributed by atoms with E-state index in [1.165, 1.54) is 52.8 Å². The molecule has 2 aromatic rings. The Kier molecular flexibility index (Phi) is 5.62. The second kappa shape index (κ2) is 7.78. The maximum absolute atomic E-state index is 12.9. The predicted octanol–water partition coefficient (Wildman–Crippen LogP) is 3.74. The molecule has 27 heavy (non-hydrogen) atoms. The number of anilines is 1. The number of nitrogens with one attached hydrogen (secondary N) is 1. The fourth-order valence-corrected chi connectivity index (χ4v) is 5.15. The van der Waals surface area contributed by atoms with E-state index in [4.69, 9.17) is 0 Å².